The monoisotopic (exact) mass is 852 g/mol. The van der Waals surface area contributed by atoms with Crippen molar-refractivity contribution in [3.8, 4) is 11.8 Å². The zero-order valence-electron chi connectivity index (χ0n) is 37.0. The van der Waals surface area contributed by atoms with Crippen LogP contribution in [-0.4, -0.2) is 114 Å². The Bertz CT molecular complexity index is 2690. The zero-order chi connectivity index (χ0) is 45.0. The molecule has 2 N–H and O–H groups in total. The SMILES string of the molecule is [2H]C([2H])([2H])n1nc(C2CCC(=O)NC2=O)c2cccc(C#CCOC3CCN(CC4CCC(n5cc(NC(=O)c6cnn7ccc(N8C[C@@H]9C[C@H]8CO9)nc67)c(C(F)F)n5)CC4)CC3)c21. The third-order valence-electron chi connectivity index (χ3n) is 13.2. The summed E-state index contributed by atoms with van der Waals surface area (Å²) in [6.45, 7) is 1.59. The Balaban J connectivity index is 0.707. The van der Waals surface area contributed by atoms with Gasteiger partial charge in [0.05, 0.1) is 65.5 Å². The van der Waals surface area contributed by atoms with Crippen LogP contribution in [0.3, 0.4) is 0 Å². The van der Waals surface area contributed by atoms with E-state index in [2.05, 4.69) is 47.6 Å². The van der Waals surface area contributed by atoms with Gasteiger partial charge in [-0.3, -0.25) is 29.1 Å². The van der Waals surface area contributed by atoms with Crippen molar-refractivity contribution < 1.29 is 36.8 Å². The number of morpholine rings is 1. The van der Waals surface area contributed by atoms with Crippen molar-refractivity contribution in [2.45, 2.75) is 94.4 Å². The molecular formula is C44H49F2N11O5. The fourth-order valence-corrected chi connectivity index (χ4v) is 9.91. The number of carbonyl (C=O) groups is 3. The van der Waals surface area contributed by atoms with E-state index in [1.165, 1.54) is 16.9 Å². The Morgan fingerprint density at radius 3 is 2.71 bits per heavy atom. The third-order valence-corrected chi connectivity index (χ3v) is 13.2. The maximum atomic E-state index is 14.3. The second-order valence-corrected chi connectivity index (χ2v) is 17.1. The van der Waals surface area contributed by atoms with Crippen LogP contribution in [0.4, 0.5) is 20.3 Å². The van der Waals surface area contributed by atoms with E-state index in [9.17, 15) is 23.2 Å². The average Bonchev–Trinajstić information content (AvgIpc) is 4.14. The lowest BCUT2D eigenvalue weighted by Gasteiger charge is -2.36. The predicted molar refractivity (Wildman–Crippen MR) is 223 cm³/mol. The van der Waals surface area contributed by atoms with Crippen LogP contribution in [0.25, 0.3) is 16.6 Å². The first-order valence-electron chi connectivity index (χ1n) is 23.0. The van der Waals surface area contributed by atoms with E-state index in [0.29, 0.717) is 40.3 Å². The second kappa shape index (κ2) is 16.8. The number of ether oxygens (including phenoxy) is 2. The van der Waals surface area contributed by atoms with Gasteiger partial charge in [0.15, 0.2) is 11.3 Å². The first kappa shape index (κ1) is 36.8. The molecule has 5 fully saturated rings. The first-order valence-corrected chi connectivity index (χ1v) is 21.5. The van der Waals surface area contributed by atoms with Crippen molar-refractivity contribution in [1.29, 1.82) is 0 Å². The highest BCUT2D eigenvalue weighted by atomic mass is 19.3. The molecule has 4 aliphatic heterocycles. The van der Waals surface area contributed by atoms with Crippen molar-refractivity contribution in [1.82, 2.24) is 44.4 Å². The van der Waals surface area contributed by atoms with Crippen LogP contribution in [-0.2, 0) is 26.0 Å². The molecule has 1 aliphatic carbocycles. The molecule has 0 radical (unpaired) electrons. The number of benzene rings is 1. The molecule has 10 rings (SSSR count). The molecule has 62 heavy (non-hydrogen) atoms. The molecule has 4 saturated heterocycles. The highest BCUT2D eigenvalue weighted by Crippen LogP contribution is 2.37. The van der Waals surface area contributed by atoms with Crippen molar-refractivity contribution >= 4 is 45.8 Å². The lowest BCUT2D eigenvalue weighted by Crippen LogP contribution is -2.40. The highest BCUT2D eigenvalue weighted by molar-refractivity contribution is 6.08. The molecule has 0 spiro atoms. The van der Waals surface area contributed by atoms with Crippen LogP contribution in [0, 0.1) is 17.8 Å². The number of amides is 3. The minimum atomic E-state index is -2.88. The quantitative estimate of drug-likeness (QED) is 0.147. The number of imide groups is 1. The van der Waals surface area contributed by atoms with Gasteiger partial charge in [0.2, 0.25) is 11.8 Å². The summed E-state index contributed by atoms with van der Waals surface area (Å²) in [7, 11) is 0. The minimum Gasteiger partial charge on any atom is -0.374 e. The Hall–Kier alpha value is -5.77. The van der Waals surface area contributed by atoms with Crippen molar-refractivity contribution in [2.24, 2.45) is 12.9 Å². The number of piperidine rings is 2. The number of aromatic nitrogens is 7. The molecule has 5 aromatic rings. The van der Waals surface area contributed by atoms with Crippen LogP contribution in [0.15, 0.2) is 42.9 Å². The number of nitrogens with one attached hydrogen (secondary N) is 2. The van der Waals surface area contributed by atoms with Gasteiger partial charge in [-0.2, -0.15) is 15.3 Å². The summed E-state index contributed by atoms with van der Waals surface area (Å²) in [5, 5.41) is 18.4. The number of para-hydroxylation sites is 1. The van der Waals surface area contributed by atoms with Gasteiger partial charge < -0.3 is 24.6 Å². The van der Waals surface area contributed by atoms with Gasteiger partial charge in [-0.1, -0.05) is 24.0 Å². The number of hydrogen-bond acceptors (Lipinski definition) is 11. The van der Waals surface area contributed by atoms with E-state index >= 15 is 0 Å². The fourth-order valence-electron chi connectivity index (χ4n) is 9.91. The second-order valence-electron chi connectivity index (χ2n) is 17.1. The number of carbonyl (C=O) groups excluding carboxylic acids is 3. The Kier molecular flexibility index (Phi) is 10.0. The molecule has 1 unspecified atom stereocenters. The van der Waals surface area contributed by atoms with E-state index in [1.807, 2.05) is 6.07 Å². The number of rotatable bonds is 10. The number of nitrogens with zero attached hydrogens (tertiary/aromatic N) is 9. The van der Waals surface area contributed by atoms with Crippen LogP contribution in [0.2, 0.25) is 0 Å². The van der Waals surface area contributed by atoms with Gasteiger partial charge >= 0.3 is 0 Å². The van der Waals surface area contributed by atoms with E-state index < -0.39 is 36.8 Å². The molecule has 5 aliphatic rings. The summed E-state index contributed by atoms with van der Waals surface area (Å²) >= 11 is 0. The Morgan fingerprint density at radius 2 is 1.95 bits per heavy atom. The van der Waals surface area contributed by atoms with Crippen LogP contribution < -0.4 is 15.5 Å². The fraction of sp³-hybridized carbons (Fsp3) is 0.523. The molecule has 324 valence electrons. The van der Waals surface area contributed by atoms with Gasteiger partial charge in [-0.25, -0.2) is 18.3 Å². The van der Waals surface area contributed by atoms with E-state index in [0.717, 1.165) is 81.6 Å². The molecule has 3 amide bonds. The summed E-state index contributed by atoms with van der Waals surface area (Å²) in [5.74, 6) is 5.12. The molecule has 8 heterocycles. The topological polar surface area (TPSA) is 166 Å². The standard InChI is InChI=1S/C44H49F2N11O5/c1-53-40-27(4-2-6-32(40)38(51-53)33-11-12-37(58)50-43(33)59)5-3-19-61-30-13-16-54(17-14-30)22-26-7-9-28(10-8-26)57-24-35(39(52-57)41(45)46)48-44(60)34-21-47-56-18-15-36(49-42(34)56)55-23-31-20-29(55)25-62-31/h2,4,6,15,18,21,24,26,28-31,33,41H,7-14,16-17,19-20,22-23,25H2,1H3,(H,48,60)(H,50,58,59)/t26?,28?,29-,31-,33?/m0/s1/i1D3. The molecule has 2 bridgehead atoms. The number of alkyl halides is 2. The summed E-state index contributed by atoms with van der Waals surface area (Å²) in [6.07, 6.45) is 8.41. The van der Waals surface area contributed by atoms with Crippen LogP contribution in [0.5, 0.6) is 0 Å². The predicted octanol–water partition coefficient (Wildman–Crippen LogP) is 4.76. The number of fused-ring (bicyclic) bond motifs is 4. The number of likely N-dealkylation sites (tertiary alicyclic amines) is 1. The van der Waals surface area contributed by atoms with Gasteiger partial charge in [-0.15, -0.1) is 0 Å². The van der Waals surface area contributed by atoms with Crippen molar-refractivity contribution in [3.05, 3.63) is 65.4 Å². The number of hydrogen-bond donors (Lipinski definition) is 2. The summed E-state index contributed by atoms with van der Waals surface area (Å²) in [4.78, 5) is 47.3. The maximum absolute atomic E-state index is 14.3. The van der Waals surface area contributed by atoms with Crippen molar-refractivity contribution in [3.63, 3.8) is 0 Å². The van der Waals surface area contributed by atoms with Crippen molar-refractivity contribution in [2.75, 3.05) is 49.6 Å². The molecule has 18 heteroatoms. The normalized spacial score (nSPS) is 25.5. The zero-order valence-corrected chi connectivity index (χ0v) is 34.0. The number of halogens is 2. The Morgan fingerprint density at radius 1 is 1.10 bits per heavy atom. The summed E-state index contributed by atoms with van der Waals surface area (Å²) in [5.41, 5.74) is 1.12. The van der Waals surface area contributed by atoms with Gasteiger partial charge in [0, 0.05) is 61.5 Å². The van der Waals surface area contributed by atoms with E-state index in [4.69, 9.17) is 18.6 Å². The first-order chi connectivity index (χ1) is 31.4. The average molecular weight is 853 g/mol. The summed E-state index contributed by atoms with van der Waals surface area (Å²) in [6, 6.07) is 7.22. The van der Waals surface area contributed by atoms with E-state index in [-0.39, 0.29) is 60.9 Å². The lowest BCUT2D eigenvalue weighted by molar-refractivity contribution is -0.134. The van der Waals surface area contributed by atoms with Gasteiger partial charge in [-0.05, 0) is 69.4 Å². The highest BCUT2D eigenvalue weighted by Gasteiger charge is 2.40. The van der Waals surface area contributed by atoms with Crippen LogP contribution >= 0.6 is 0 Å². The molecule has 16 nitrogen and oxygen atoms in total. The summed E-state index contributed by atoms with van der Waals surface area (Å²) < 4.78 is 68.9. The molecule has 3 atom stereocenters. The lowest BCUT2D eigenvalue weighted by atomic mass is 9.85. The minimum absolute atomic E-state index is 0.0216. The molecular weight excluding hydrogens is 801 g/mol. The molecule has 4 aromatic heterocycles. The largest absolute Gasteiger partial charge is 0.374 e. The smallest absolute Gasteiger partial charge is 0.284 e. The van der Waals surface area contributed by atoms with Crippen LogP contribution in [0.1, 0.15) is 108 Å². The molecule has 1 aromatic carbocycles. The molecule has 1 saturated carbocycles. The maximum Gasteiger partial charge on any atom is 0.284 e. The van der Waals surface area contributed by atoms with Gasteiger partial charge in [0.1, 0.15) is 18.0 Å². The third kappa shape index (κ3) is 7.93. The number of aryl methyl sites for hydroxylation is 1. The Labute approximate surface area is 360 Å². The number of anilines is 2. The van der Waals surface area contributed by atoms with E-state index in [1.54, 1.807) is 29.1 Å². The van der Waals surface area contributed by atoms with Gasteiger partial charge in [0.25, 0.3) is 12.3 Å².